The van der Waals surface area contributed by atoms with Gasteiger partial charge in [-0.2, -0.15) is 4.98 Å². The number of pyridine rings is 2. The molecular formula is C23H23N5O3. The molecule has 0 saturated carbocycles. The first-order chi connectivity index (χ1) is 15.0. The van der Waals surface area contributed by atoms with Crippen LogP contribution in [0.25, 0.3) is 22.0 Å². The Kier molecular flexibility index (Phi) is 4.78. The second kappa shape index (κ2) is 7.63. The van der Waals surface area contributed by atoms with Crippen LogP contribution in [0.15, 0.2) is 45.8 Å². The number of benzene rings is 1. The summed E-state index contributed by atoms with van der Waals surface area (Å²) in [6.45, 7) is 4.62. The van der Waals surface area contributed by atoms with Crippen molar-refractivity contribution in [2.75, 3.05) is 11.9 Å². The number of hydrogen-bond acceptors (Lipinski definition) is 7. The molecule has 158 valence electrons. The molecule has 8 heteroatoms. The van der Waals surface area contributed by atoms with E-state index < -0.39 is 0 Å². The average Bonchev–Trinajstić information content (AvgIpc) is 3.45. The van der Waals surface area contributed by atoms with Crippen LogP contribution in [0, 0.1) is 13.8 Å². The largest absolute Gasteiger partial charge is 0.368 e. The topological polar surface area (TPSA) is 95.1 Å². The second-order valence-corrected chi connectivity index (χ2v) is 7.92. The molecule has 1 aromatic carbocycles. The standard InChI is InChI=1S/C23H23N5O3/c1-13-6-7-16(25-23-26-21(31-27-23)20-5-4-8-30-20)11-17(13)18-10-15-12-24-14(2)9-19(15)28(3)22(18)29/h6-7,9-12,20H,4-5,8H2,1-3H3,(H,25,27). The summed E-state index contributed by atoms with van der Waals surface area (Å²) >= 11 is 0. The minimum absolute atomic E-state index is 0.0569. The van der Waals surface area contributed by atoms with Crippen molar-refractivity contribution in [1.82, 2.24) is 19.7 Å². The molecule has 31 heavy (non-hydrogen) atoms. The van der Waals surface area contributed by atoms with Crippen LogP contribution in [-0.2, 0) is 11.8 Å². The van der Waals surface area contributed by atoms with Crippen LogP contribution in [0.2, 0.25) is 0 Å². The monoisotopic (exact) mass is 417 g/mol. The number of ether oxygens (including phenoxy) is 1. The van der Waals surface area contributed by atoms with Crippen molar-refractivity contribution in [2.24, 2.45) is 7.05 Å². The molecule has 4 aromatic rings. The van der Waals surface area contributed by atoms with E-state index in [2.05, 4.69) is 20.4 Å². The fraction of sp³-hybridized carbons (Fsp3) is 0.304. The van der Waals surface area contributed by atoms with E-state index in [0.29, 0.717) is 24.0 Å². The number of aromatic nitrogens is 4. The van der Waals surface area contributed by atoms with Crippen LogP contribution in [-0.4, -0.2) is 26.3 Å². The van der Waals surface area contributed by atoms with E-state index in [1.165, 1.54) is 0 Å². The molecule has 0 radical (unpaired) electrons. The van der Waals surface area contributed by atoms with Crippen LogP contribution in [0.1, 0.15) is 36.1 Å². The summed E-state index contributed by atoms with van der Waals surface area (Å²) in [5, 5.41) is 8.10. The summed E-state index contributed by atoms with van der Waals surface area (Å²) in [5.74, 6) is 0.852. The lowest BCUT2D eigenvalue weighted by atomic mass is 9.99. The molecule has 1 fully saturated rings. The van der Waals surface area contributed by atoms with Crippen LogP contribution in [0.3, 0.4) is 0 Å². The van der Waals surface area contributed by atoms with Crippen molar-refractivity contribution in [3.05, 3.63) is 64.0 Å². The molecule has 8 nitrogen and oxygen atoms in total. The quantitative estimate of drug-likeness (QED) is 0.532. The number of aryl methyl sites for hydroxylation is 3. The number of nitrogens with one attached hydrogen (secondary N) is 1. The van der Waals surface area contributed by atoms with Crippen LogP contribution in [0.4, 0.5) is 11.6 Å². The molecule has 1 aliphatic heterocycles. The summed E-state index contributed by atoms with van der Waals surface area (Å²) in [5.41, 5.74) is 4.91. The molecule has 0 amide bonds. The van der Waals surface area contributed by atoms with Gasteiger partial charge in [-0.1, -0.05) is 6.07 Å². The van der Waals surface area contributed by atoms with Crippen molar-refractivity contribution < 1.29 is 9.26 Å². The zero-order chi connectivity index (χ0) is 21.5. The molecular weight excluding hydrogens is 394 g/mol. The third-order valence-corrected chi connectivity index (χ3v) is 5.68. The third kappa shape index (κ3) is 3.59. The summed E-state index contributed by atoms with van der Waals surface area (Å²) in [4.78, 5) is 21.9. The number of nitrogens with zero attached hydrogens (tertiary/aromatic N) is 4. The highest BCUT2D eigenvalue weighted by atomic mass is 16.5. The van der Waals surface area contributed by atoms with Gasteiger partial charge >= 0.3 is 0 Å². The Hall–Kier alpha value is -3.52. The average molecular weight is 417 g/mol. The van der Waals surface area contributed by atoms with Gasteiger partial charge < -0.3 is 19.1 Å². The van der Waals surface area contributed by atoms with Crippen molar-refractivity contribution in [3.8, 4) is 11.1 Å². The maximum Gasteiger partial charge on any atom is 0.267 e. The maximum absolute atomic E-state index is 13.1. The van der Waals surface area contributed by atoms with Crippen molar-refractivity contribution in [3.63, 3.8) is 0 Å². The smallest absolute Gasteiger partial charge is 0.267 e. The first-order valence-electron chi connectivity index (χ1n) is 10.3. The van der Waals surface area contributed by atoms with Gasteiger partial charge in [-0.05, 0) is 67.2 Å². The van der Waals surface area contributed by atoms with E-state index in [1.54, 1.807) is 17.8 Å². The van der Waals surface area contributed by atoms with Crippen LogP contribution >= 0.6 is 0 Å². The molecule has 3 aromatic heterocycles. The minimum atomic E-state index is -0.130. The molecule has 1 aliphatic rings. The Morgan fingerprint density at radius 1 is 1.16 bits per heavy atom. The van der Waals surface area contributed by atoms with Gasteiger partial charge in [-0.15, -0.1) is 0 Å². The van der Waals surface area contributed by atoms with Gasteiger partial charge in [0.1, 0.15) is 6.10 Å². The number of anilines is 2. The van der Waals surface area contributed by atoms with E-state index >= 15 is 0 Å². The van der Waals surface area contributed by atoms with Gasteiger partial charge in [0.25, 0.3) is 17.4 Å². The third-order valence-electron chi connectivity index (χ3n) is 5.68. The van der Waals surface area contributed by atoms with E-state index in [4.69, 9.17) is 9.26 Å². The van der Waals surface area contributed by atoms with E-state index in [-0.39, 0.29) is 11.7 Å². The molecule has 5 rings (SSSR count). The summed E-state index contributed by atoms with van der Waals surface area (Å²) in [7, 11) is 1.79. The van der Waals surface area contributed by atoms with Crippen LogP contribution < -0.4 is 10.9 Å². The van der Waals surface area contributed by atoms with E-state index in [0.717, 1.165) is 46.3 Å². The number of fused-ring (bicyclic) bond motifs is 1. The predicted octanol–water partition coefficient (Wildman–Crippen LogP) is 4.20. The maximum atomic E-state index is 13.1. The SMILES string of the molecule is Cc1cc2c(cn1)cc(-c1cc(Nc3noc(C4CCCO4)n3)ccc1C)c(=O)n2C. The van der Waals surface area contributed by atoms with Crippen molar-refractivity contribution in [1.29, 1.82) is 0 Å². The zero-order valence-electron chi connectivity index (χ0n) is 17.7. The molecule has 1 atom stereocenters. The molecule has 1 saturated heterocycles. The van der Waals surface area contributed by atoms with Gasteiger partial charge in [0.2, 0.25) is 0 Å². The first-order valence-corrected chi connectivity index (χ1v) is 10.3. The highest BCUT2D eigenvalue weighted by molar-refractivity contribution is 5.85. The fourth-order valence-electron chi connectivity index (χ4n) is 3.97. The summed E-state index contributed by atoms with van der Waals surface area (Å²) in [6.07, 6.45) is 3.55. The Labute approximate surface area is 178 Å². The van der Waals surface area contributed by atoms with Crippen molar-refractivity contribution >= 4 is 22.5 Å². The van der Waals surface area contributed by atoms with Gasteiger partial charge in [0, 0.05) is 42.2 Å². The van der Waals surface area contributed by atoms with Crippen LogP contribution in [0.5, 0.6) is 0 Å². The van der Waals surface area contributed by atoms with Gasteiger partial charge in [-0.25, -0.2) is 0 Å². The zero-order valence-corrected chi connectivity index (χ0v) is 17.7. The second-order valence-electron chi connectivity index (χ2n) is 7.92. The molecule has 1 unspecified atom stereocenters. The molecule has 0 aliphatic carbocycles. The highest BCUT2D eigenvalue weighted by Gasteiger charge is 2.24. The lowest BCUT2D eigenvalue weighted by Crippen LogP contribution is -2.19. The molecule has 0 spiro atoms. The molecule has 4 heterocycles. The number of rotatable bonds is 4. The summed E-state index contributed by atoms with van der Waals surface area (Å²) < 4.78 is 12.6. The Bertz CT molecular complexity index is 1340. The highest BCUT2D eigenvalue weighted by Crippen LogP contribution is 2.30. The Balaban J connectivity index is 1.51. The lowest BCUT2D eigenvalue weighted by molar-refractivity contribution is 0.0836. The van der Waals surface area contributed by atoms with Gasteiger partial charge in [0.05, 0.1) is 5.52 Å². The number of hydrogen-bond donors (Lipinski definition) is 1. The normalized spacial score (nSPS) is 16.2. The fourth-order valence-corrected chi connectivity index (χ4v) is 3.97. The Morgan fingerprint density at radius 3 is 2.84 bits per heavy atom. The summed E-state index contributed by atoms with van der Waals surface area (Å²) in [6, 6.07) is 9.65. The van der Waals surface area contributed by atoms with Gasteiger partial charge in [0.15, 0.2) is 0 Å². The van der Waals surface area contributed by atoms with Crippen molar-refractivity contribution in [2.45, 2.75) is 32.8 Å². The molecule has 0 bridgehead atoms. The lowest BCUT2D eigenvalue weighted by Gasteiger charge is -2.12. The Morgan fingerprint density at radius 2 is 2.03 bits per heavy atom. The first kappa shape index (κ1) is 19.4. The minimum Gasteiger partial charge on any atom is -0.368 e. The van der Waals surface area contributed by atoms with E-state index in [9.17, 15) is 4.79 Å². The predicted molar refractivity (Wildman–Crippen MR) is 117 cm³/mol. The molecule has 1 N–H and O–H groups in total. The van der Waals surface area contributed by atoms with E-state index in [1.807, 2.05) is 44.2 Å². The van der Waals surface area contributed by atoms with Gasteiger partial charge in [-0.3, -0.25) is 9.78 Å².